The summed E-state index contributed by atoms with van der Waals surface area (Å²) in [6.45, 7) is 2.59. The highest BCUT2D eigenvalue weighted by Crippen LogP contribution is 2.29. The molecule has 0 saturated heterocycles. The third-order valence-electron chi connectivity index (χ3n) is 6.32. The number of allylic oxidation sites excluding steroid dienone is 5. The van der Waals surface area contributed by atoms with Gasteiger partial charge in [0.25, 0.3) is 11.8 Å². The molecule has 1 aromatic carbocycles. The number of carbonyl (C=O) groups is 2. The second-order valence-electron chi connectivity index (χ2n) is 8.80. The van der Waals surface area contributed by atoms with Crippen LogP contribution in [0.5, 0.6) is 0 Å². The van der Waals surface area contributed by atoms with Crippen molar-refractivity contribution in [3.8, 4) is 0 Å². The lowest BCUT2D eigenvalue weighted by Gasteiger charge is -2.23. The standard InChI is InChI=1S/C28H29N5O2/c34-27-23(18-25(28(35)31-27)30-21-10-4-2-1-3-5-11-21)24-19-33(26-13-7-6-12-22(24)26)17-9-16-32-15-8-14-29-20-32/h1-2,4,6-8,10-14,18-20,25,30H,3,5,9,15-17H2,(H,31,34,35)/b2-1-,10-4-,21-11+. The first kappa shape index (κ1) is 22.7. The van der Waals surface area contributed by atoms with Crippen LogP contribution in [0.15, 0.2) is 89.9 Å². The van der Waals surface area contributed by atoms with E-state index in [0.717, 1.165) is 61.1 Å². The summed E-state index contributed by atoms with van der Waals surface area (Å²) in [4.78, 5) is 31.9. The van der Waals surface area contributed by atoms with E-state index in [-0.39, 0.29) is 11.8 Å². The van der Waals surface area contributed by atoms with E-state index in [1.54, 1.807) is 6.08 Å². The van der Waals surface area contributed by atoms with E-state index in [0.29, 0.717) is 5.57 Å². The van der Waals surface area contributed by atoms with E-state index in [9.17, 15) is 9.59 Å². The summed E-state index contributed by atoms with van der Waals surface area (Å²) in [5.74, 6) is -0.705. The molecule has 0 spiro atoms. The quantitative estimate of drug-likeness (QED) is 0.609. The molecule has 0 saturated carbocycles. The van der Waals surface area contributed by atoms with Gasteiger partial charge in [-0.1, -0.05) is 42.5 Å². The summed E-state index contributed by atoms with van der Waals surface area (Å²) >= 11 is 0. The number of nitrogens with zero attached hydrogens (tertiary/aromatic N) is 3. The maximum atomic E-state index is 12.9. The van der Waals surface area contributed by atoms with Gasteiger partial charge in [0, 0.05) is 59.8 Å². The van der Waals surface area contributed by atoms with Crippen LogP contribution >= 0.6 is 0 Å². The summed E-state index contributed by atoms with van der Waals surface area (Å²) in [7, 11) is 0. The van der Waals surface area contributed by atoms with Gasteiger partial charge in [-0.3, -0.25) is 14.9 Å². The molecule has 7 heteroatoms. The van der Waals surface area contributed by atoms with E-state index in [1.807, 2.05) is 61.2 Å². The Morgan fingerprint density at radius 2 is 2.00 bits per heavy atom. The van der Waals surface area contributed by atoms with Gasteiger partial charge in [-0.05, 0) is 43.6 Å². The van der Waals surface area contributed by atoms with Crippen molar-refractivity contribution in [2.24, 2.45) is 4.99 Å². The van der Waals surface area contributed by atoms with Crippen molar-refractivity contribution < 1.29 is 9.59 Å². The summed E-state index contributed by atoms with van der Waals surface area (Å²) in [5, 5.41) is 6.84. The second-order valence-corrected chi connectivity index (χ2v) is 8.80. The molecular weight excluding hydrogens is 438 g/mol. The summed E-state index contributed by atoms with van der Waals surface area (Å²) < 4.78 is 2.20. The summed E-state index contributed by atoms with van der Waals surface area (Å²) in [6, 6.07) is 7.46. The second kappa shape index (κ2) is 10.4. The van der Waals surface area contributed by atoms with Gasteiger partial charge in [-0.2, -0.15) is 0 Å². The van der Waals surface area contributed by atoms with Crippen molar-refractivity contribution >= 4 is 34.6 Å². The minimum atomic E-state index is -0.629. The number of aliphatic imine (C=N–C) groups is 1. The van der Waals surface area contributed by atoms with Crippen molar-refractivity contribution in [3.63, 3.8) is 0 Å². The topological polar surface area (TPSA) is 78.7 Å². The first-order valence-electron chi connectivity index (χ1n) is 12.1. The van der Waals surface area contributed by atoms with Gasteiger partial charge in [0.05, 0.1) is 6.34 Å². The van der Waals surface area contributed by atoms with Gasteiger partial charge < -0.3 is 14.8 Å². The number of hydrogen-bond acceptors (Lipinski definition) is 5. The first-order valence-corrected chi connectivity index (χ1v) is 12.1. The molecule has 0 fully saturated rings. The number of rotatable bonds is 7. The summed E-state index contributed by atoms with van der Waals surface area (Å²) in [6.07, 6.45) is 22.4. The molecule has 2 amide bonds. The van der Waals surface area contributed by atoms with Crippen molar-refractivity contribution in [2.75, 3.05) is 13.1 Å². The Morgan fingerprint density at radius 1 is 1.09 bits per heavy atom. The van der Waals surface area contributed by atoms with E-state index < -0.39 is 6.04 Å². The number of benzene rings is 1. The Bertz CT molecular complexity index is 1310. The molecule has 35 heavy (non-hydrogen) atoms. The number of hydrogen-bond donors (Lipinski definition) is 2. The zero-order valence-electron chi connectivity index (χ0n) is 19.6. The SMILES string of the molecule is O=C1NC(=O)C(NC2=C/CC\C=C/C=C\2)C=C1c1cn(CCCN2C=NC=CC2)c2ccccc12. The molecule has 178 valence electrons. The number of para-hydroxylation sites is 1. The largest absolute Gasteiger partial charge is 0.371 e. The van der Waals surface area contributed by atoms with E-state index in [1.165, 1.54) is 0 Å². The molecule has 0 bridgehead atoms. The van der Waals surface area contributed by atoms with Gasteiger partial charge in [-0.25, -0.2) is 4.99 Å². The van der Waals surface area contributed by atoms with Gasteiger partial charge in [0.2, 0.25) is 0 Å². The highest BCUT2D eigenvalue weighted by atomic mass is 16.2. The smallest absolute Gasteiger partial charge is 0.258 e. The van der Waals surface area contributed by atoms with Crippen molar-refractivity contribution in [2.45, 2.75) is 31.8 Å². The highest BCUT2D eigenvalue weighted by Gasteiger charge is 2.30. The Kier molecular flexibility index (Phi) is 6.75. The van der Waals surface area contributed by atoms with E-state index in [4.69, 9.17) is 0 Å². The lowest BCUT2D eigenvalue weighted by molar-refractivity contribution is -0.128. The molecule has 7 nitrogen and oxygen atoms in total. The zero-order chi connectivity index (χ0) is 24.0. The third kappa shape index (κ3) is 5.19. The molecule has 2 N–H and O–H groups in total. The number of imide groups is 1. The van der Waals surface area contributed by atoms with Gasteiger partial charge >= 0.3 is 0 Å². The zero-order valence-corrected chi connectivity index (χ0v) is 19.6. The minimum absolute atomic E-state index is 0.341. The molecular formula is C28H29N5O2. The minimum Gasteiger partial charge on any atom is -0.371 e. The molecule has 2 aliphatic heterocycles. The fraction of sp³-hybridized carbons (Fsp3) is 0.250. The van der Waals surface area contributed by atoms with E-state index >= 15 is 0 Å². The molecule has 5 rings (SSSR count). The molecule has 3 aliphatic rings. The van der Waals surface area contributed by atoms with Crippen molar-refractivity contribution in [1.82, 2.24) is 20.1 Å². The summed E-state index contributed by atoms with van der Waals surface area (Å²) in [5.41, 5.74) is 3.30. The van der Waals surface area contributed by atoms with Crippen LogP contribution in [0.3, 0.4) is 0 Å². The van der Waals surface area contributed by atoms with Crippen LogP contribution in [-0.4, -0.2) is 46.8 Å². The maximum Gasteiger partial charge on any atom is 0.258 e. The third-order valence-corrected chi connectivity index (χ3v) is 6.32. The van der Waals surface area contributed by atoms with Crippen LogP contribution in [0, 0.1) is 0 Å². The van der Waals surface area contributed by atoms with Gasteiger partial charge in [-0.15, -0.1) is 0 Å². The van der Waals surface area contributed by atoms with Crippen LogP contribution in [0.4, 0.5) is 0 Å². The van der Waals surface area contributed by atoms with Gasteiger partial charge in [0.15, 0.2) is 0 Å². The lowest BCUT2D eigenvalue weighted by Crippen LogP contribution is -2.48. The molecule has 2 aromatic rings. The average Bonchev–Trinajstić information content (AvgIpc) is 3.21. The fourth-order valence-corrected chi connectivity index (χ4v) is 4.58. The number of carbonyl (C=O) groups excluding carboxylic acids is 2. The monoisotopic (exact) mass is 467 g/mol. The molecule has 1 atom stereocenters. The van der Waals surface area contributed by atoms with Crippen molar-refractivity contribution in [1.29, 1.82) is 0 Å². The Morgan fingerprint density at radius 3 is 2.89 bits per heavy atom. The molecule has 1 aliphatic carbocycles. The molecule has 1 aromatic heterocycles. The predicted octanol–water partition coefficient (Wildman–Crippen LogP) is 3.68. The number of nitrogens with one attached hydrogen (secondary N) is 2. The fourth-order valence-electron chi connectivity index (χ4n) is 4.58. The molecule has 1 unspecified atom stereocenters. The normalized spacial score (nSPS) is 23.2. The Labute approximate surface area is 204 Å². The average molecular weight is 468 g/mol. The lowest BCUT2D eigenvalue weighted by atomic mass is 9.98. The van der Waals surface area contributed by atoms with Crippen LogP contribution < -0.4 is 10.6 Å². The van der Waals surface area contributed by atoms with Gasteiger partial charge in [0.1, 0.15) is 6.04 Å². The highest BCUT2D eigenvalue weighted by molar-refractivity contribution is 6.29. The van der Waals surface area contributed by atoms with E-state index in [2.05, 4.69) is 43.3 Å². The van der Waals surface area contributed by atoms with Crippen LogP contribution in [-0.2, 0) is 16.1 Å². The van der Waals surface area contributed by atoms with Crippen LogP contribution in [0.25, 0.3) is 16.5 Å². The Balaban J connectivity index is 1.40. The van der Waals surface area contributed by atoms with Crippen LogP contribution in [0.2, 0.25) is 0 Å². The number of aryl methyl sites for hydroxylation is 1. The number of aromatic nitrogens is 1. The molecule has 3 heterocycles. The van der Waals surface area contributed by atoms with Crippen molar-refractivity contribution in [3.05, 3.63) is 90.5 Å². The molecule has 0 radical (unpaired) electrons. The first-order chi connectivity index (χ1) is 17.2. The number of fused-ring (bicyclic) bond motifs is 1. The maximum absolute atomic E-state index is 12.9. The number of amides is 2. The van der Waals surface area contributed by atoms with Crippen LogP contribution in [0.1, 0.15) is 24.8 Å². The predicted molar refractivity (Wildman–Crippen MR) is 139 cm³/mol. The Hall–Kier alpha value is -4.13.